The first kappa shape index (κ1) is 25.4. The lowest BCUT2D eigenvalue weighted by Gasteiger charge is -2.26. The van der Waals surface area contributed by atoms with E-state index in [0.717, 1.165) is 24.8 Å². The molecule has 1 saturated heterocycles. The molecule has 7 nitrogen and oxygen atoms in total. The summed E-state index contributed by atoms with van der Waals surface area (Å²) in [5.41, 5.74) is 1.98. The van der Waals surface area contributed by atoms with E-state index >= 15 is 0 Å². The van der Waals surface area contributed by atoms with Crippen molar-refractivity contribution in [2.75, 3.05) is 19.8 Å². The Labute approximate surface area is 222 Å². The molecule has 1 N–H and O–H groups in total. The Kier molecular flexibility index (Phi) is 7.63. The van der Waals surface area contributed by atoms with E-state index in [1.54, 1.807) is 18.2 Å². The predicted octanol–water partition coefficient (Wildman–Crippen LogP) is 5.65. The first-order valence-electron chi connectivity index (χ1n) is 13.0. The lowest BCUT2D eigenvalue weighted by atomic mass is 9.94. The molecular weight excluding hydrogens is 482 g/mol. The van der Waals surface area contributed by atoms with Crippen molar-refractivity contribution in [1.82, 2.24) is 4.90 Å². The molecule has 196 valence electrons. The summed E-state index contributed by atoms with van der Waals surface area (Å²) in [7, 11) is 0. The zero-order chi connectivity index (χ0) is 26.5. The second kappa shape index (κ2) is 11.4. The van der Waals surface area contributed by atoms with Crippen molar-refractivity contribution in [3.8, 4) is 17.2 Å². The molecule has 3 aromatic rings. The van der Waals surface area contributed by atoms with Crippen LogP contribution in [0.5, 0.6) is 17.2 Å². The number of hydrogen-bond acceptors (Lipinski definition) is 6. The van der Waals surface area contributed by atoms with Crippen LogP contribution < -0.4 is 14.2 Å². The Hall–Kier alpha value is -4.26. The van der Waals surface area contributed by atoms with Gasteiger partial charge in [-0.3, -0.25) is 9.59 Å². The van der Waals surface area contributed by atoms with Crippen LogP contribution in [0.2, 0.25) is 0 Å². The number of carbonyl (C=O) groups excluding carboxylic acids is 2. The zero-order valence-corrected chi connectivity index (χ0v) is 21.4. The molecular formula is C31H31NO6. The van der Waals surface area contributed by atoms with Crippen molar-refractivity contribution in [1.29, 1.82) is 0 Å². The number of unbranched alkanes of at least 4 members (excludes halogenated alkanes) is 2. The Morgan fingerprint density at radius 2 is 1.74 bits per heavy atom. The van der Waals surface area contributed by atoms with Crippen molar-refractivity contribution < 1.29 is 28.9 Å². The molecule has 7 heteroatoms. The summed E-state index contributed by atoms with van der Waals surface area (Å²) in [5, 5.41) is 11.4. The Morgan fingerprint density at radius 3 is 2.53 bits per heavy atom. The quantitative estimate of drug-likeness (QED) is 0.172. The van der Waals surface area contributed by atoms with Gasteiger partial charge in [0, 0.05) is 12.1 Å². The first-order chi connectivity index (χ1) is 18.6. The van der Waals surface area contributed by atoms with Gasteiger partial charge >= 0.3 is 0 Å². The molecule has 0 unspecified atom stereocenters. The van der Waals surface area contributed by atoms with Gasteiger partial charge < -0.3 is 24.2 Å². The van der Waals surface area contributed by atoms with E-state index in [-0.39, 0.29) is 17.9 Å². The topological polar surface area (TPSA) is 85.3 Å². The molecule has 0 spiro atoms. The Balaban J connectivity index is 1.56. The molecule has 0 radical (unpaired) electrons. The number of aliphatic hydroxyl groups is 1. The summed E-state index contributed by atoms with van der Waals surface area (Å²) >= 11 is 0. The molecule has 0 bridgehead atoms. The summed E-state index contributed by atoms with van der Waals surface area (Å²) < 4.78 is 17.2. The number of carbonyl (C=O) groups is 2. The molecule has 3 aromatic carbocycles. The van der Waals surface area contributed by atoms with E-state index in [9.17, 15) is 14.7 Å². The standard InChI is InChI=1S/C31H31NO6/c1-2-3-7-15-36-24-12-8-11-22(18-24)28-27(29(33)23-13-14-25-26(19-23)38-17-16-37-25)30(34)31(35)32(28)20-21-9-5-4-6-10-21/h4-6,8-14,18-19,28,33H,2-3,7,15-17,20H2,1H3/t28-/m0/s1. The number of benzene rings is 3. The van der Waals surface area contributed by atoms with Crippen LogP contribution in [-0.2, 0) is 16.1 Å². The number of amides is 1. The molecule has 38 heavy (non-hydrogen) atoms. The SMILES string of the molecule is CCCCCOc1cccc([C@H]2C(=C(O)c3ccc4c(c3)OCCO4)C(=O)C(=O)N2Cc2ccccc2)c1. The molecule has 2 aliphatic rings. The number of ketones is 1. The van der Waals surface area contributed by atoms with Gasteiger partial charge in [0.15, 0.2) is 11.5 Å². The van der Waals surface area contributed by atoms with Gasteiger partial charge in [0.1, 0.15) is 24.7 Å². The summed E-state index contributed by atoms with van der Waals surface area (Å²) in [6.07, 6.45) is 3.11. The number of likely N-dealkylation sites (tertiary alicyclic amines) is 1. The van der Waals surface area contributed by atoms with E-state index < -0.39 is 17.7 Å². The fourth-order valence-electron chi connectivity index (χ4n) is 4.83. The van der Waals surface area contributed by atoms with Crippen LogP contribution >= 0.6 is 0 Å². The summed E-state index contributed by atoms with van der Waals surface area (Å²) in [5.74, 6) is 0.0674. The molecule has 1 atom stereocenters. The van der Waals surface area contributed by atoms with E-state index in [1.807, 2.05) is 54.6 Å². The second-order valence-electron chi connectivity index (χ2n) is 9.40. The smallest absolute Gasteiger partial charge is 0.295 e. The molecule has 1 amide bonds. The largest absolute Gasteiger partial charge is 0.507 e. The van der Waals surface area contributed by atoms with Gasteiger partial charge in [-0.1, -0.05) is 62.2 Å². The van der Waals surface area contributed by atoms with Crippen molar-refractivity contribution >= 4 is 17.4 Å². The van der Waals surface area contributed by atoms with Crippen molar-refractivity contribution in [2.45, 2.75) is 38.8 Å². The number of hydrogen-bond donors (Lipinski definition) is 1. The summed E-state index contributed by atoms with van der Waals surface area (Å²) in [6.45, 7) is 3.77. The maximum Gasteiger partial charge on any atom is 0.295 e. The maximum absolute atomic E-state index is 13.4. The van der Waals surface area contributed by atoms with Crippen LogP contribution in [0.1, 0.15) is 48.9 Å². The molecule has 0 aromatic heterocycles. The van der Waals surface area contributed by atoms with Crippen LogP contribution in [0.3, 0.4) is 0 Å². The highest BCUT2D eigenvalue weighted by atomic mass is 16.6. The molecule has 0 saturated carbocycles. The van der Waals surface area contributed by atoms with Crippen LogP contribution in [0.15, 0.2) is 78.4 Å². The monoisotopic (exact) mass is 513 g/mol. The maximum atomic E-state index is 13.4. The van der Waals surface area contributed by atoms with Crippen LogP contribution in [0.4, 0.5) is 0 Å². The van der Waals surface area contributed by atoms with Crippen molar-refractivity contribution in [3.63, 3.8) is 0 Å². The minimum Gasteiger partial charge on any atom is -0.507 e. The number of nitrogens with zero attached hydrogens (tertiary/aromatic N) is 1. The van der Waals surface area contributed by atoms with Crippen molar-refractivity contribution in [2.24, 2.45) is 0 Å². The number of Topliss-reactive ketones (excluding diaryl/α,β-unsaturated/α-hetero) is 1. The third-order valence-electron chi connectivity index (χ3n) is 6.74. The fourth-order valence-corrected chi connectivity index (χ4v) is 4.83. The average Bonchev–Trinajstić information content (AvgIpc) is 3.20. The normalized spacial score (nSPS) is 18.0. The molecule has 5 rings (SSSR count). The average molecular weight is 514 g/mol. The fraction of sp³-hybridized carbons (Fsp3) is 0.290. The highest BCUT2D eigenvalue weighted by molar-refractivity contribution is 6.46. The van der Waals surface area contributed by atoms with Gasteiger partial charge in [-0.15, -0.1) is 0 Å². The second-order valence-corrected chi connectivity index (χ2v) is 9.40. The van der Waals surface area contributed by atoms with Crippen LogP contribution in [-0.4, -0.2) is 41.5 Å². The van der Waals surface area contributed by atoms with E-state index in [4.69, 9.17) is 14.2 Å². The van der Waals surface area contributed by atoms with Crippen LogP contribution in [0.25, 0.3) is 5.76 Å². The third kappa shape index (κ3) is 5.23. The number of rotatable bonds is 9. The predicted molar refractivity (Wildman–Crippen MR) is 143 cm³/mol. The lowest BCUT2D eigenvalue weighted by Crippen LogP contribution is -2.29. The van der Waals surface area contributed by atoms with Crippen LogP contribution in [0, 0.1) is 0 Å². The molecule has 2 heterocycles. The summed E-state index contributed by atoms with van der Waals surface area (Å²) in [6, 6.07) is 21.1. The number of ether oxygens (including phenoxy) is 3. The molecule has 2 aliphatic heterocycles. The van der Waals surface area contributed by atoms with Gasteiger partial charge in [0.25, 0.3) is 11.7 Å². The van der Waals surface area contributed by atoms with Gasteiger partial charge in [-0.05, 0) is 47.9 Å². The Morgan fingerprint density at radius 1 is 0.947 bits per heavy atom. The van der Waals surface area contributed by atoms with E-state index in [1.165, 1.54) is 4.90 Å². The van der Waals surface area contributed by atoms with Gasteiger partial charge in [-0.25, -0.2) is 0 Å². The Bertz CT molecular complexity index is 1350. The first-order valence-corrected chi connectivity index (χ1v) is 13.0. The van der Waals surface area contributed by atoms with Gasteiger partial charge in [0.2, 0.25) is 0 Å². The van der Waals surface area contributed by atoms with E-state index in [0.29, 0.717) is 48.2 Å². The number of fused-ring (bicyclic) bond motifs is 1. The molecule has 1 fully saturated rings. The third-order valence-corrected chi connectivity index (χ3v) is 6.74. The highest BCUT2D eigenvalue weighted by Crippen LogP contribution is 2.42. The van der Waals surface area contributed by atoms with E-state index in [2.05, 4.69) is 6.92 Å². The summed E-state index contributed by atoms with van der Waals surface area (Å²) in [4.78, 5) is 28.3. The highest BCUT2D eigenvalue weighted by Gasteiger charge is 2.46. The molecule has 0 aliphatic carbocycles. The number of aliphatic hydroxyl groups excluding tert-OH is 1. The lowest BCUT2D eigenvalue weighted by molar-refractivity contribution is -0.140. The van der Waals surface area contributed by atoms with Gasteiger partial charge in [0.05, 0.1) is 18.2 Å². The van der Waals surface area contributed by atoms with Crippen molar-refractivity contribution in [3.05, 3.63) is 95.1 Å². The minimum absolute atomic E-state index is 0.0331. The zero-order valence-electron chi connectivity index (χ0n) is 21.4. The minimum atomic E-state index is -0.789. The van der Waals surface area contributed by atoms with Gasteiger partial charge in [-0.2, -0.15) is 0 Å².